The number of Topliss-reactive ketones (excluding diaryl/α,β-unsaturated/α-hetero) is 2. The predicted molar refractivity (Wildman–Crippen MR) is 99.7 cm³/mol. The van der Waals surface area contributed by atoms with Crippen molar-refractivity contribution in [1.82, 2.24) is 9.80 Å². The van der Waals surface area contributed by atoms with E-state index >= 15 is 0 Å². The Hall–Kier alpha value is -2.18. The summed E-state index contributed by atoms with van der Waals surface area (Å²) in [4.78, 5) is 41.9. The van der Waals surface area contributed by atoms with Crippen LogP contribution < -0.4 is 0 Å². The lowest BCUT2D eigenvalue weighted by molar-refractivity contribution is -0.141. The Morgan fingerprint density at radius 2 is 1.56 bits per heavy atom. The monoisotopic (exact) mass is 388 g/mol. The van der Waals surface area contributed by atoms with E-state index in [1.165, 1.54) is 0 Å². The average molecular weight is 389 g/mol. The van der Waals surface area contributed by atoms with Gasteiger partial charge in [-0.3, -0.25) is 14.4 Å². The van der Waals surface area contributed by atoms with Gasteiger partial charge in [0.2, 0.25) is 17.5 Å². The molecule has 2 aliphatic heterocycles. The van der Waals surface area contributed by atoms with Crippen LogP contribution in [0.4, 0.5) is 0 Å². The molecule has 7 heteroatoms. The second-order valence-corrected chi connectivity index (χ2v) is 7.44. The van der Waals surface area contributed by atoms with E-state index in [-0.39, 0.29) is 34.1 Å². The van der Waals surface area contributed by atoms with Gasteiger partial charge in [-0.1, -0.05) is 35.9 Å². The Balaban J connectivity index is 1.48. The summed E-state index contributed by atoms with van der Waals surface area (Å²) in [6.45, 7) is 3.52. The number of piperidine rings is 1. The largest absolute Gasteiger partial charge is 0.378 e. The van der Waals surface area contributed by atoms with E-state index in [0.29, 0.717) is 63.4 Å². The van der Waals surface area contributed by atoms with Crippen LogP contribution >= 0.6 is 11.6 Å². The molecule has 27 heavy (non-hydrogen) atoms. The molecule has 1 aromatic rings. The predicted octanol–water partition coefficient (Wildman–Crippen LogP) is 2.09. The van der Waals surface area contributed by atoms with Gasteiger partial charge in [-0.05, 0) is 12.8 Å². The van der Waals surface area contributed by atoms with Crippen LogP contribution in [0, 0.1) is 5.92 Å². The normalized spacial score (nSPS) is 21.5. The van der Waals surface area contributed by atoms with Gasteiger partial charge in [-0.2, -0.15) is 0 Å². The minimum absolute atomic E-state index is 0.0170. The number of rotatable bonds is 2. The van der Waals surface area contributed by atoms with Crippen LogP contribution in [0.3, 0.4) is 0 Å². The number of carbonyl (C=O) groups excluding carboxylic acids is 3. The van der Waals surface area contributed by atoms with E-state index in [1.54, 1.807) is 24.3 Å². The second-order valence-electron chi connectivity index (χ2n) is 7.07. The standard InChI is InChI=1S/C20H21ClN2O4/c21-16-17(19(25)15-4-2-1-3-14(15)18(16)24)22-7-5-13(6-8-22)20(26)23-9-11-27-12-10-23/h1-4,13H,5-12H2. The Labute approximate surface area is 162 Å². The smallest absolute Gasteiger partial charge is 0.225 e. The number of carbonyl (C=O) groups is 3. The maximum absolute atomic E-state index is 12.9. The zero-order valence-electron chi connectivity index (χ0n) is 14.9. The molecular weight excluding hydrogens is 368 g/mol. The fourth-order valence-corrected chi connectivity index (χ4v) is 4.31. The molecule has 1 amide bonds. The number of amides is 1. The van der Waals surface area contributed by atoms with E-state index < -0.39 is 0 Å². The zero-order valence-corrected chi connectivity index (χ0v) is 15.7. The van der Waals surface area contributed by atoms with Crippen molar-refractivity contribution >= 4 is 29.1 Å². The van der Waals surface area contributed by atoms with E-state index in [0.717, 1.165) is 0 Å². The minimum atomic E-state index is -0.312. The molecule has 0 aromatic heterocycles. The van der Waals surface area contributed by atoms with Gasteiger partial charge in [0.25, 0.3) is 0 Å². The van der Waals surface area contributed by atoms with Gasteiger partial charge in [0.05, 0.1) is 13.2 Å². The Morgan fingerprint density at radius 3 is 2.19 bits per heavy atom. The summed E-state index contributed by atoms with van der Waals surface area (Å²) in [6, 6.07) is 6.76. The summed E-state index contributed by atoms with van der Waals surface area (Å²) in [5.74, 6) is -0.420. The lowest BCUT2D eigenvalue weighted by atomic mass is 9.89. The molecule has 142 valence electrons. The molecule has 6 nitrogen and oxygen atoms in total. The molecule has 0 atom stereocenters. The number of benzene rings is 1. The SMILES string of the molecule is O=C1C(Cl)=C(N2CCC(C(=O)N3CCOCC3)CC2)C(=O)c2ccccc21. The number of hydrogen-bond acceptors (Lipinski definition) is 5. The van der Waals surface area contributed by atoms with Gasteiger partial charge in [0, 0.05) is 43.2 Å². The van der Waals surface area contributed by atoms with Crippen molar-refractivity contribution in [3.8, 4) is 0 Å². The van der Waals surface area contributed by atoms with Crippen LogP contribution in [0.1, 0.15) is 33.6 Å². The number of ether oxygens (including phenoxy) is 1. The van der Waals surface area contributed by atoms with Crippen molar-refractivity contribution in [2.75, 3.05) is 39.4 Å². The Kier molecular flexibility index (Phi) is 5.02. The molecule has 0 radical (unpaired) electrons. The molecule has 4 rings (SSSR count). The zero-order chi connectivity index (χ0) is 19.0. The summed E-state index contributed by atoms with van der Waals surface area (Å²) in [7, 11) is 0. The molecule has 1 aromatic carbocycles. The van der Waals surface area contributed by atoms with Gasteiger partial charge in [-0.15, -0.1) is 0 Å². The summed E-state index contributed by atoms with van der Waals surface area (Å²) >= 11 is 6.29. The van der Waals surface area contributed by atoms with Crippen LogP contribution in [-0.4, -0.2) is 66.7 Å². The summed E-state index contributed by atoms with van der Waals surface area (Å²) in [5, 5.41) is -0.0170. The molecule has 2 fully saturated rings. The van der Waals surface area contributed by atoms with E-state index in [1.807, 2.05) is 9.80 Å². The first-order valence-corrected chi connectivity index (χ1v) is 9.65. The molecule has 3 aliphatic rings. The highest BCUT2D eigenvalue weighted by atomic mass is 35.5. The lowest BCUT2D eigenvalue weighted by Crippen LogP contribution is -2.47. The second kappa shape index (κ2) is 7.44. The Morgan fingerprint density at radius 1 is 0.963 bits per heavy atom. The number of allylic oxidation sites excluding steroid dienone is 2. The number of nitrogens with zero attached hydrogens (tertiary/aromatic N) is 2. The first kappa shape index (κ1) is 18.2. The molecule has 2 heterocycles. The molecule has 2 saturated heterocycles. The number of hydrogen-bond donors (Lipinski definition) is 0. The maximum Gasteiger partial charge on any atom is 0.225 e. The van der Waals surface area contributed by atoms with Gasteiger partial charge >= 0.3 is 0 Å². The van der Waals surface area contributed by atoms with Crippen LogP contribution in [0.5, 0.6) is 0 Å². The van der Waals surface area contributed by atoms with Crippen LogP contribution in [0.25, 0.3) is 0 Å². The highest BCUT2D eigenvalue weighted by Crippen LogP contribution is 2.33. The van der Waals surface area contributed by atoms with Crippen molar-refractivity contribution in [1.29, 1.82) is 0 Å². The topological polar surface area (TPSA) is 66.9 Å². The first-order chi connectivity index (χ1) is 13.1. The summed E-state index contributed by atoms with van der Waals surface area (Å²) < 4.78 is 5.30. The van der Waals surface area contributed by atoms with Crippen LogP contribution in [0.2, 0.25) is 0 Å². The van der Waals surface area contributed by atoms with Gasteiger partial charge in [-0.25, -0.2) is 0 Å². The average Bonchev–Trinajstić information content (AvgIpc) is 2.73. The van der Waals surface area contributed by atoms with Crippen molar-refractivity contribution in [2.45, 2.75) is 12.8 Å². The van der Waals surface area contributed by atoms with E-state index in [2.05, 4.69) is 0 Å². The molecule has 0 saturated carbocycles. The van der Waals surface area contributed by atoms with Crippen molar-refractivity contribution in [2.24, 2.45) is 5.92 Å². The van der Waals surface area contributed by atoms with Gasteiger partial charge < -0.3 is 14.5 Å². The molecule has 0 spiro atoms. The molecular formula is C20H21ClN2O4. The first-order valence-electron chi connectivity index (χ1n) is 9.27. The van der Waals surface area contributed by atoms with Crippen molar-refractivity contribution in [3.63, 3.8) is 0 Å². The van der Waals surface area contributed by atoms with Crippen molar-refractivity contribution in [3.05, 3.63) is 46.1 Å². The number of halogens is 1. The third kappa shape index (κ3) is 3.28. The fourth-order valence-electron chi connectivity index (χ4n) is 4.01. The fraction of sp³-hybridized carbons (Fsp3) is 0.450. The third-order valence-electron chi connectivity index (χ3n) is 5.52. The number of fused-ring (bicyclic) bond motifs is 1. The van der Waals surface area contributed by atoms with E-state index in [9.17, 15) is 14.4 Å². The highest BCUT2D eigenvalue weighted by Gasteiger charge is 2.37. The quantitative estimate of drug-likeness (QED) is 0.776. The van der Waals surface area contributed by atoms with E-state index in [4.69, 9.17) is 16.3 Å². The van der Waals surface area contributed by atoms with Gasteiger partial charge in [0.1, 0.15) is 10.7 Å². The van der Waals surface area contributed by atoms with Crippen molar-refractivity contribution < 1.29 is 19.1 Å². The number of ketones is 2. The summed E-state index contributed by atoms with van der Waals surface area (Å²) in [5.41, 5.74) is 1.03. The van der Waals surface area contributed by atoms with Crippen LogP contribution in [0.15, 0.2) is 35.0 Å². The maximum atomic E-state index is 12.9. The lowest BCUT2D eigenvalue weighted by Gasteiger charge is -2.38. The van der Waals surface area contributed by atoms with Gasteiger partial charge in [0.15, 0.2) is 0 Å². The third-order valence-corrected chi connectivity index (χ3v) is 5.87. The highest BCUT2D eigenvalue weighted by molar-refractivity contribution is 6.49. The minimum Gasteiger partial charge on any atom is -0.378 e. The molecule has 1 aliphatic carbocycles. The van der Waals surface area contributed by atoms with Crippen LogP contribution in [-0.2, 0) is 9.53 Å². The number of morpholine rings is 1. The molecule has 0 N–H and O–H groups in total. The summed E-state index contributed by atoms with van der Waals surface area (Å²) in [6.07, 6.45) is 1.29. The Bertz CT molecular complexity index is 821. The molecule has 0 unspecified atom stereocenters. The molecule has 0 bridgehead atoms. The number of likely N-dealkylation sites (tertiary alicyclic amines) is 1.